The van der Waals surface area contributed by atoms with Gasteiger partial charge in [-0.3, -0.25) is 14.4 Å². The van der Waals surface area contributed by atoms with E-state index in [4.69, 9.17) is 14.2 Å². The Hall–Kier alpha value is -1.59. The number of unbranched alkanes of at least 4 members (excludes halogenated alkanes) is 31. The lowest BCUT2D eigenvalue weighted by Gasteiger charge is -2.18. The second-order valence-electron chi connectivity index (χ2n) is 17.3. The molecule has 0 fully saturated rings. The first-order valence-electron chi connectivity index (χ1n) is 24.9. The third kappa shape index (κ3) is 42.0. The molecule has 0 aromatic heterocycles. The van der Waals surface area contributed by atoms with E-state index in [0.29, 0.717) is 19.3 Å². The number of rotatable bonds is 45. The van der Waals surface area contributed by atoms with Crippen molar-refractivity contribution in [1.82, 2.24) is 0 Å². The van der Waals surface area contributed by atoms with Crippen LogP contribution in [0.1, 0.15) is 278 Å². The Kier molecular flexibility index (Phi) is 43.2. The molecule has 6 heteroatoms. The molecule has 1 unspecified atom stereocenters. The molecule has 0 N–H and O–H groups in total. The molecule has 0 aromatic rings. The van der Waals surface area contributed by atoms with E-state index in [0.717, 1.165) is 63.7 Å². The molecule has 0 aliphatic carbocycles. The van der Waals surface area contributed by atoms with Crippen LogP contribution in [0.5, 0.6) is 0 Å². The van der Waals surface area contributed by atoms with E-state index >= 15 is 0 Å². The van der Waals surface area contributed by atoms with Crippen LogP contribution in [0.2, 0.25) is 0 Å². The highest BCUT2D eigenvalue weighted by molar-refractivity contribution is 5.71. The molecule has 56 heavy (non-hydrogen) atoms. The molecule has 0 rings (SSSR count). The maximum atomic E-state index is 12.7. The molecule has 0 aliphatic rings. The van der Waals surface area contributed by atoms with E-state index in [2.05, 4.69) is 27.7 Å². The number of carbonyl (C=O) groups is 3. The first-order chi connectivity index (χ1) is 27.4. The Morgan fingerprint density at radius 3 is 0.929 bits per heavy atom. The highest BCUT2D eigenvalue weighted by atomic mass is 16.6. The number of hydrogen-bond acceptors (Lipinski definition) is 6. The monoisotopic (exact) mass is 793 g/mol. The van der Waals surface area contributed by atoms with Crippen molar-refractivity contribution in [3.05, 3.63) is 0 Å². The van der Waals surface area contributed by atoms with Gasteiger partial charge in [0.15, 0.2) is 6.10 Å². The van der Waals surface area contributed by atoms with Crippen LogP contribution in [0.4, 0.5) is 0 Å². The lowest BCUT2D eigenvalue weighted by atomic mass is 9.99. The predicted molar refractivity (Wildman–Crippen MR) is 238 cm³/mol. The van der Waals surface area contributed by atoms with E-state index in [1.165, 1.54) is 173 Å². The van der Waals surface area contributed by atoms with Crippen LogP contribution < -0.4 is 0 Å². The van der Waals surface area contributed by atoms with Gasteiger partial charge in [0, 0.05) is 19.3 Å². The molecule has 0 saturated heterocycles. The summed E-state index contributed by atoms with van der Waals surface area (Å²) in [6.07, 6.45) is 45.0. The lowest BCUT2D eigenvalue weighted by molar-refractivity contribution is -0.167. The molecular weight excluding hydrogens is 697 g/mol. The number of carbonyl (C=O) groups excluding carboxylic acids is 3. The molecule has 0 saturated carbocycles. The van der Waals surface area contributed by atoms with E-state index < -0.39 is 6.10 Å². The zero-order valence-corrected chi connectivity index (χ0v) is 38.1. The molecule has 6 nitrogen and oxygen atoms in total. The molecule has 0 heterocycles. The molecule has 0 spiro atoms. The van der Waals surface area contributed by atoms with Gasteiger partial charge in [0.1, 0.15) is 13.2 Å². The summed E-state index contributed by atoms with van der Waals surface area (Å²) in [6.45, 7) is 9.03. The SMILES string of the molecule is CCCCCCCCCCCCCCCC(=O)OC[C@@H](COC(=O)CCCCCCCCCCCCC(C)CC)OC(=O)CCCCCCCCCCCCC. The van der Waals surface area contributed by atoms with Gasteiger partial charge >= 0.3 is 17.9 Å². The Labute approximate surface area is 348 Å². The zero-order chi connectivity index (χ0) is 41.0. The third-order valence-electron chi connectivity index (χ3n) is 11.7. The quantitative estimate of drug-likeness (QED) is 0.0347. The van der Waals surface area contributed by atoms with Gasteiger partial charge in [0.2, 0.25) is 0 Å². The molecule has 332 valence electrons. The predicted octanol–water partition coefficient (Wildman–Crippen LogP) is 15.9. The van der Waals surface area contributed by atoms with Crippen LogP contribution in [0.3, 0.4) is 0 Å². The van der Waals surface area contributed by atoms with Gasteiger partial charge in [-0.05, 0) is 25.2 Å². The summed E-state index contributed by atoms with van der Waals surface area (Å²) in [5, 5.41) is 0. The van der Waals surface area contributed by atoms with Gasteiger partial charge < -0.3 is 14.2 Å². The van der Waals surface area contributed by atoms with Gasteiger partial charge in [0.05, 0.1) is 0 Å². The summed E-state index contributed by atoms with van der Waals surface area (Å²) in [7, 11) is 0. The average molecular weight is 793 g/mol. The van der Waals surface area contributed by atoms with E-state index in [-0.39, 0.29) is 31.1 Å². The van der Waals surface area contributed by atoms with Crippen molar-refractivity contribution in [2.45, 2.75) is 284 Å². The number of esters is 3. The summed E-state index contributed by atoms with van der Waals surface area (Å²) in [5.41, 5.74) is 0. The minimum Gasteiger partial charge on any atom is -0.462 e. The van der Waals surface area contributed by atoms with E-state index in [9.17, 15) is 14.4 Å². The molecule has 0 bridgehead atoms. The minimum absolute atomic E-state index is 0.0631. The summed E-state index contributed by atoms with van der Waals surface area (Å²) in [4.78, 5) is 37.8. The Morgan fingerprint density at radius 1 is 0.357 bits per heavy atom. The number of hydrogen-bond donors (Lipinski definition) is 0. The summed E-state index contributed by atoms with van der Waals surface area (Å²) < 4.78 is 16.8. The fraction of sp³-hybridized carbons (Fsp3) is 0.940. The van der Waals surface area contributed by atoms with Crippen LogP contribution in [0.25, 0.3) is 0 Å². The maximum Gasteiger partial charge on any atom is 0.306 e. The fourth-order valence-corrected chi connectivity index (χ4v) is 7.48. The smallest absolute Gasteiger partial charge is 0.306 e. The first-order valence-corrected chi connectivity index (χ1v) is 24.9. The number of ether oxygens (including phenoxy) is 3. The lowest BCUT2D eigenvalue weighted by Crippen LogP contribution is -2.30. The minimum atomic E-state index is -0.759. The van der Waals surface area contributed by atoms with Crippen molar-refractivity contribution in [1.29, 1.82) is 0 Å². The Balaban J connectivity index is 4.31. The van der Waals surface area contributed by atoms with Gasteiger partial charge in [0.25, 0.3) is 0 Å². The van der Waals surface area contributed by atoms with Crippen LogP contribution >= 0.6 is 0 Å². The first kappa shape index (κ1) is 54.4. The second-order valence-corrected chi connectivity index (χ2v) is 17.3. The van der Waals surface area contributed by atoms with Gasteiger partial charge in [-0.15, -0.1) is 0 Å². The topological polar surface area (TPSA) is 78.9 Å². The van der Waals surface area contributed by atoms with Crippen molar-refractivity contribution in [2.75, 3.05) is 13.2 Å². The largest absolute Gasteiger partial charge is 0.462 e. The Morgan fingerprint density at radius 2 is 0.625 bits per heavy atom. The average Bonchev–Trinajstić information content (AvgIpc) is 3.19. The van der Waals surface area contributed by atoms with Crippen molar-refractivity contribution in [3.8, 4) is 0 Å². The highest BCUT2D eigenvalue weighted by Crippen LogP contribution is 2.17. The molecule has 0 radical (unpaired) electrons. The van der Waals surface area contributed by atoms with E-state index in [1.54, 1.807) is 0 Å². The van der Waals surface area contributed by atoms with Gasteiger partial charge in [-0.2, -0.15) is 0 Å². The highest BCUT2D eigenvalue weighted by Gasteiger charge is 2.19. The van der Waals surface area contributed by atoms with Gasteiger partial charge in [-0.1, -0.05) is 240 Å². The zero-order valence-electron chi connectivity index (χ0n) is 38.1. The standard InChI is InChI=1S/C50H96O6/c1-5-8-10-12-14-16-18-19-21-25-29-33-37-41-48(51)54-44-47(56-50(53)43-39-35-31-27-20-17-15-13-11-9-6-2)45-55-49(52)42-38-34-30-26-23-22-24-28-32-36-40-46(4)7-3/h46-47H,5-45H2,1-4H3/t46?,47-/m0/s1. The second kappa shape index (κ2) is 44.5. The van der Waals surface area contributed by atoms with Crippen LogP contribution in [0, 0.1) is 5.92 Å². The van der Waals surface area contributed by atoms with Crippen LogP contribution in [-0.4, -0.2) is 37.2 Å². The molecule has 2 atom stereocenters. The molecule has 0 aromatic carbocycles. The molecule has 0 amide bonds. The van der Waals surface area contributed by atoms with Crippen molar-refractivity contribution in [2.24, 2.45) is 5.92 Å². The third-order valence-corrected chi connectivity index (χ3v) is 11.7. The van der Waals surface area contributed by atoms with Crippen LogP contribution in [0.15, 0.2) is 0 Å². The van der Waals surface area contributed by atoms with Crippen molar-refractivity contribution < 1.29 is 28.6 Å². The molecule has 0 aliphatic heterocycles. The summed E-state index contributed by atoms with van der Waals surface area (Å²) in [5.74, 6) is 0.0218. The summed E-state index contributed by atoms with van der Waals surface area (Å²) >= 11 is 0. The van der Waals surface area contributed by atoms with Crippen molar-refractivity contribution >= 4 is 17.9 Å². The van der Waals surface area contributed by atoms with Crippen molar-refractivity contribution in [3.63, 3.8) is 0 Å². The van der Waals surface area contributed by atoms with E-state index in [1.807, 2.05) is 0 Å². The van der Waals surface area contributed by atoms with Gasteiger partial charge in [-0.25, -0.2) is 0 Å². The Bertz CT molecular complexity index is 843. The fourth-order valence-electron chi connectivity index (χ4n) is 7.48. The maximum absolute atomic E-state index is 12.7. The molecular formula is C50H96O6. The van der Waals surface area contributed by atoms with Crippen LogP contribution in [-0.2, 0) is 28.6 Å². The normalized spacial score (nSPS) is 12.4. The summed E-state index contributed by atoms with van der Waals surface area (Å²) in [6, 6.07) is 0.